The van der Waals surface area contributed by atoms with Gasteiger partial charge in [0.2, 0.25) is 0 Å². The molecule has 1 saturated carbocycles. The SMILES string of the molecule is OC1CC2c3ccccc3C1C1C(c3ccc(-c4ccccc4)cc3-c3ccccc3)=c3ccccc3=C(c3ccc(-c4ccccc4)cc3-c3ccccc3)C21. The fourth-order valence-corrected chi connectivity index (χ4v) is 10.7. The van der Waals surface area contributed by atoms with E-state index >= 15 is 0 Å². The van der Waals surface area contributed by atoms with Crippen LogP contribution in [0, 0.1) is 11.8 Å². The first-order valence-corrected chi connectivity index (χ1v) is 20.3. The van der Waals surface area contributed by atoms with Crippen LogP contribution in [0.1, 0.15) is 40.5 Å². The van der Waals surface area contributed by atoms with Gasteiger partial charge in [0.15, 0.2) is 0 Å². The monoisotopic (exact) mass is 730 g/mol. The molecule has 1 nitrogen and oxygen atoms in total. The Morgan fingerprint density at radius 3 is 1.21 bits per heavy atom. The molecule has 4 aliphatic carbocycles. The van der Waals surface area contributed by atoms with Crippen molar-refractivity contribution in [2.24, 2.45) is 11.8 Å². The molecule has 5 atom stereocenters. The molecule has 0 aromatic heterocycles. The minimum atomic E-state index is -0.439. The van der Waals surface area contributed by atoms with Gasteiger partial charge in [0.05, 0.1) is 6.10 Å². The third-order valence-corrected chi connectivity index (χ3v) is 13.0. The quantitative estimate of drug-likeness (QED) is 0.181. The Morgan fingerprint density at radius 1 is 0.316 bits per heavy atom. The molecule has 1 N–H and O–H groups in total. The second kappa shape index (κ2) is 13.9. The summed E-state index contributed by atoms with van der Waals surface area (Å²) in [6.07, 6.45) is 0.314. The zero-order chi connectivity index (χ0) is 37.9. The fraction of sp³-hybridized carbons (Fsp3) is 0.107. The first-order chi connectivity index (χ1) is 28.2. The van der Waals surface area contributed by atoms with E-state index in [1.54, 1.807) is 0 Å². The van der Waals surface area contributed by atoms with Gasteiger partial charge in [-0.05, 0) is 119 Å². The van der Waals surface area contributed by atoms with E-state index < -0.39 is 6.10 Å². The smallest absolute Gasteiger partial charge is 0.0621 e. The zero-order valence-corrected chi connectivity index (χ0v) is 31.7. The van der Waals surface area contributed by atoms with Crippen molar-refractivity contribution < 1.29 is 5.11 Å². The van der Waals surface area contributed by atoms with Gasteiger partial charge in [-0.3, -0.25) is 0 Å². The molecule has 4 aliphatic rings. The minimum absolute atomic E-state index is 0.0456. The third-order valence-electron chi connectivity index (χ3n) is 13.0. The molecule has 57 heavy (non-hydrogen) atoms. The molecule has 0 saturated heterocycles. The first kappa shape index (κ1) is 33.8. The van der Waals surface area contributed by atoms with Gasteiger partial charge in [-0.2, -0.15) is 0 Å². The van der Waals surface area contributed by atoms with Crippen molar-refractivity contribution in [3.63, 3.8) is 0 Å². The average molecular weight is 731 g/mol. The maximum atomic E-state index is 12.3. The summed E-state index contributed by atoms with van der Waals surface area (Å²) in [5.41, 5.74) is 17.7. The van der Waals surface area contributed by atoms with Crippen LogP contribution in [0.3, 0.4) is 0 Å². The highest BCUT2D eigenvalue weighted by molar-refractivity contribution is 5.92. The molecule has 0 aliphatic heterocycles. The molecule has 5 unspecified atom stereocenters. The van der Waals surface area contributed by atoms with E-state index in [4.69, 9.17) is 0 Å². The lowest BCUT2D eigenvalue weighted by atomic mass is 9.49. The molecule has 272 valence electrons. The second-order valence-corrected chi connectivity index (χ2v) is 16.0. The number of aliphatic hydroxyl groups excluding tert-OH is 1. The lowest BCUT2D eigenvalue weighted by Crippen LogP contribution is -2.52. The van der Waals surface area contributed by atoms with Crippen molar-refractivity contribution in [1.82, 2.24) is 0 Å². The summed E-state index contributed by atoms with van der Waals surface area (Å²) in [6, 6.07) is 75.6. The lowest BCUT2D eigenvalue weighted by molar-refractivity contribution is 0.0467. The summed E-state index contributed by atoms with van der Waals surface area (Å²) in [6.45, 7) is 0. The summed E-state index contributed by atoms with van der Waals surface area (Å²) in [5.74, 6) is 0.322. The highest BCUT2D eigenvalue weighted by Crippen LogP contribution is 2.63. The van der Waals surface area contributed by atoms with Crippen molar-refractivity contribution in [1.29, 1.82) is 0 Å². The van der Waals surface area contributed by atoms with Crippen molar-refractivity contribution in [2.45, 2.75) is 24.4 Å². The predicted octanol–water partition coefficient (Wildman–Crippen LogP) is 11.6. The molecular formula is C56H42O. The summed E-state index contributed by atoms with van der Waals surface area (Å²) < 4.78 is 0. The maximum Gasteiger partial charge on any atom is 0.0621 e. The second-order valence-electron chi connectivity index (χ2n) is 16.0. The van der Waals surface area contributed by atoms with Crippen LogP contribution in [0.2, 0.25) is 0 Å². The van der Waals surface area contributed by atoms with Crippen LogP contribution in [-0.2, 0) is 0 Å². The van der Waals surface area contributed by atoms with Crippen LogP contribution in [0.4, 0.5) is 0 Å². The van der Waals surface area contributed by atoms with E-state index in [-0.39, 0.29) is 23.7 Å². The average Bonchev–Trinajstić information content (AvgIpc) is 3.29. The largest absolute Gasteiger partial charge is 0.392 e. The third kappa shape index (κ3) is 5.57. The highest BCUT2D eigenvalue weighted by Gasteiger charge is 2.55. The van der Waals surface area contributed by atoms with E-state index in [0.29, 0.717) is 0 Å². The van der Waals surface area contributed by atoms with Crippen LogP contribution < -0.4 is 10.4 Å². The van der Waals surface area contributed by atoms with Crippen LogP contribution in [0.15, 0.2) is 206 Å². The lowest BCUT2D eigenvalue weighted by Gasteiger charge is -2.55. The Kier molecular flexibility index (Phi) is 8.23. The maximum absolute atomic E-state index is 12.3. The zero-order valence-electron chi connectivity index (χ0n) is 31.7. The van der Waals surface area contributed by atoms with Crippen molar-refractivity contribution in [3.05, 3.63) is 239 Å². The number of hydrogen-bond donors (Lipinski definition) is 1. The van der Waals surface area contributed by atoms with Gasteiger partial charge in [-0.15, -0.1) is 0 Å². The molecule has 2 bridgehead atoms. The van der Waals surface area contributed by atoms with Crippen LogP contribution in [0.5, 0.6) is 0 Å². The van der Waals surface area contributed by atoms with E-state index in [0.717, 1.165) is 6.42 Å². The van der Waals surface area contributed by atoms with E-state index in [9.17, 15) is 5.11 Å². The van der Waals surface area contributed by atoms with Crippen molar-refractivity contribution in [2.75, 3.05) is 0 Å². The van der Waals surface area contributed by atoms with E-state index in [2.05, 4.69) is 206 Å². The molecule has 1 heteroatoms. The van der Waals surface area contributed by atoms with Crippen molar-refractivity contribution in [3.8, 4) is 44.5 Å². The van der Waals surface area contributed by atoms with Crippen LogP contribution in [-0.4, -0.2) is 11.2 Å². The van der Waals surface area contributed by atoms with Gasteiger partial charge < -0.3 is 5.11 Å². The Balaban J connectivity index is 1.26. The predicted molar refractivity (Wildman–Crippen MR) is 235 cm³/mol. The summed E-state index contributed by atoms with van der Waals surface area (Å²) in [4.78, 5) is 0. The topological polar surface area (TPSA) is 20.2 Å². The van der Waals surface area contributed by atoms with Crippen LogP contribution >= 0.6 is 0 Å². The molecule has 0 radical (unpaired) electrons. The van der Waals surface area contributed by atoms with Gasteiger partial charge in [0, 0.05) is 11.8 Å². The Morgan fingerprint density at radius 2 is 0.719 bits per heavy atom. The van der Waals surface area contributed by atoms with Crippen LogP contribution in [0.25, 0.3) is 55.7 Å². The van der Waals surface area contributed by atoms with E-state index in [1.807, 2.05) is 0 Å². The molecule has 12 rings (SSSR count). The van der Waals surface area contributed by atoms with Crippen molar-refractivity contribution >= 4 is 11.1 Å². The summed E-state index contributed by atoms with van der Waals surface area (Å²) in [5, 5.41) is 14.9. The summed E-state index contributed by atoms with van der Waals surface area (Å²) in [7, 11) is 0. The van der Waals surface area contributed by atoms with E-state index in [1.165, 1.54) is 88.3 Å². The highest BCUT2D eigenvalue weighted by atomic mass is 16.3. The molecule has 8 aromatic rings. The van der Waals surface area contributed by atoms with Gasteiger partial charge in [0.25, 0.3) is 0 Å². The Hall–Kier alpha value is -6.54. The summed E-state index contributed by atoms with van der Waals surface area (Å²) >= 11 is 0. The normalized spacial score (nSPS) is 20.4. The number of benzene rings is 8. The molecule has 0 amide bonds. The molecular weight excluding hydrogens is 689 g/mol. The first-order valence-electron chi connectivity index (χ1n) is 20.3. The fourth-order valence-electron chi connectivity index (χ4n) is 10.7. The molecule has 1 fully saturated rings. The number of rotatable bonds is 6. The van der Waals surface area contributed by atoms with Gasteiger partial charge in [-0.1, -0.05) is 194 Å². The molecule has 8 aromatic carbocycles. The Bertz CT molecular complexity index is 2900. The molecule has 0 spiro atoms. The molecule has 0 heterocycles. The number of fused-ring (bicyclic) bond motifs is 2. The number of aliphatic hydroxyl groups is 1. The minimum Gasteiger partial charge on any atom is -0.392 e. The standard InChI is InChI=1S/C56H42O/c57-51-35-50-42-25-13-14-26-43(42)54(51)56-53(47-32-30-41(37-19-7-2-8-20-37)34-49(47)39-23-11-4-12-24-39)45-28-16-15-27-44(45)52(55(50)56)46-31-29-40(36-17-5-1-6-18-36)33-48(46)38-21-9-3-10-22-38/h1-34,50-51,54-57H,35H2. The Labute approximate surface area is 334 Å². The van der Waals surface area contributed by atoms with Gasteiger partial charge in [0.1, 0.15) is 0 Å². The van der Waals surface area contributed by atoms with Gasteiger partial charge in [-0.25, -0.2) is 0 Å². The van der Waals surface area contributed by atoms with Gasteiger partial charge >= 0.3 is 0 Å². The number of hydrogen-bond acceptors (Lipinski definition) is 1.